The summed E-state index contributed by atoms with van der Waals surface area (Å²) in [5.41, 5.74) is 1.04. The van der Waals surface area contributed by atoms with E-state index in [1.165, 1.54) is 4.90 Å². The first-order valence-corrected chi connectivity index (χ1v) is 8.07. The van der Waals surface area contributed by atoms with Crippen LogP contribution in [0.5, 0.6) is 0 Å². The molecule has 2 amide bonds. The van der Waals surface area contributed by atoms with Gasteiger partial charge in [0.2, 0.25) is 0 Å². The molecule has 2 rings (SSSR count). The van der Waals surface area contributed by atoms with Crippen molar-refractivity contribution in [2.45, 2.75) is 19.4 Å². The van der Waals surface area contributed by atoms with Gasteiger partial charge in [0.1, 0.15) is 6.54 Å². The van der Waals surface area contributed by atoms with Crippen LogP contribution in [0.2, 0.25) is 0 Å². The molecule has 0 spiro atoms. The standard InChI is InChI=1S/C13H17BrN2O3S/c1-15(5-10-4-11(14)20-8-10)13(19)16(7-12(17)18)6-9-2-3-9/h4,8-9H,2-3,5-7H2,1H3,(H,17,18). The maximum absolute atomic E-state index is 12.3. The molecule has 1 N–H and O–H groups in total. The van der Waals surface area contributed by atoms with Crippen LogP contribution in [0.3, 0.4) is 0 Å². The summed E-state index contributed by atoms with van der Waals surface area (Å²) in [5.74, 6) is -0.493. The number of carboxylic acid groups (broad SMARTS) is 1. The zero-order chi connectivity index (χ0) is 14.7. The number of halogens is 1. The van der Waals surface area contributed by atoms with Crippen LogP contribution < -0.4 is 0 Å². The summed E-state index contributed by atoms with van der Waals surface area (Å²) in [6, 6.07) is 1.75. The maximum Gasteiger partial charge on any atom is 0.323 e. The third-order valence-corrected chi connectivity index (χ3v) is 4.69. The van der Waals surface area contributed by atoms with E-state index in [2.05, 4.69) is 15.9 Å². The number of hydrogen-bond donors (Lipinski definition) is 1. The second-order valence-electron chi connectivity index (χ2n) is 5.12. The molecule has 1 aromatic rings. The summed E-state index contributed by atoms with van der Waals surface area (Å²) in [5, 5.41) is 10.9. The highest BCUT2D eigenvalue weighted by atomic mass is 79.9. The van der Waals surface area contributed by atoms with Crippen molar-refractivity contribution in [3.05, 3.63) is 20.8 Å². The minimum atomic E-state index is -0.967. The molecule has 0 aromatic carbocycles. The lowest BCUT2D eigenvalue weighted by Crippen LogP contribution is -2.44. The van der Waals surface area contributed by atoms with Gasteiger partial charge in [-0.2, -0.15) is 0 Å². The van der Waals surface area contributed by atoms with Gasteiger partial charge in [-0.3, -0.25) is 4.79 Å². The Morgan fingerprint density at radius 3 is 2.70 bits per heavy atom. The van der Waals surface area contributed by atoms with E-state index in [9.17, 15) is 9.59 Å². The fraction of sp³-hybridized carbons (Fsp3) is 0.538. The Hall–Kier alpha value is -1.08. The van der Waals surface area contributed by atoms with Gasteiger partial charge in [-0.1, -0.05) is 0 Å². The van der Waals surface area contributed by atoms with Crippen molar-refractivity contribution < 1.29 is 14.7 Å². The summed E-state index contributed by atoms with van der Waals surface area (Å²) < 4.78 is 1.02. The number of urea groups is 1. The van der Waals surface area contributed by atoms with Crippen molar-refractivity contribution in [2.24, 2.45) is 5.92 Å². The van der Waals surface area contributed by atoms with E-state index in [1.807, 2.05) is 11.4 Å². The minimum absolute atomic E-state index is 0.221. The second kappa shape index (κ2) is 6.58. The highest BCUT2D eigenvalue weighted by Crippen LogP contribution is 2.30. The van der Waals surface area contributed by atoms with Crippen molar-refractivity contribution >= 4 is 39.3 Å². The molecule has 7 heteroatoms. The number of carboxylic acids is 1. The summed E-state index contributed by atoms with van der Waals surface area (Å²) in [6.45, 7) is 0.803. The lowest BCUT2D eigenvalue weighted by Gasteiger charge is -2.26. The van der Waals surface area contributed by atoms with Gasteiger partial charge < -0.3 is 14.9 Å². The summed E-state index contributed by atoms with van der Waals surface area (Å²) >= 11 is 4.96. The van der Waals surface area contributed by atoms with Gasteiger partial charge in [0.05, 0.1) is 3.79 Å². The van der Waals surface area contributed by atoms with E-state index in [0.717, 1.165) is 22.2 Å². The van der Waals surface area contributed by atoms with Crippen molar-refractivity contribution in [1.29, 1.82) is 0 Å². The lowest BCUT2D eigenvalue weighted by atomic mass is 10.3. The largest absolute Gasteiger partial charge is 0.480 e. The van der Waals surface area contributed by atoms with E-state index in [-0.39, 0.29) is 12.6 Å². The van der Waals surface area contributed by atoms with Gasteiger partial charge in [-0.15, -0.1) is 11.3 Å². The highest BCUT2D eigenvalue weighted by Gasteiger charge is 2.29. The Labute approximate surface area is 130 Å². The molecule has 1 saturated carbocycles. The first-order chi connectivity index (χ1) is 9.45. The molecule has 1 aliphatic rings. The maximum atomic E-state index is 12.3. The predicted molar refractivity (Wildman–Crippen MR) is 80.8 cm³/mol. The summed E-state index contributed by atoms with van der Waals surface area (Å²) in [4.78, 5) is 26.2. The Bertz CT molecular complexity index is 502. The normalized spacial score (nSPS) is 14.1. The average Bonchev–Trinajstić information content (AvgIpc) is 3.09. The van der Waals surface area contributed by atoms with Crippen LogP contribution in [-0.2, 0) is 11.3 Å². The number of aliphatic carboxylic acids is 1. The number of thiophene rings is 1. The number of rotatable bonds is 6. The fourth-order valence-electron chi connectivity index (χ4n) is 2.00. The van der Waals surface area contributed by atoms with Crippen LogP contribution in [0.25, 0.3) is 0 Å². The molecule has 1 aliphatic carbocycles. The Kier molecular flexibility index (Phi) is 5.04. The molecule has 0 saturated heterocycles. The molecular weight excluding hydrogens is 344 g/mol. The van der Waals surface area contributed by atoms with E-state index >= 15 is 0 Å². The van der Waals surface area contributed by atoms with Crippen molar-refractivity contribution in [2.75, 3.05) is 20.1 Å². The molecular formula is C13H17BrN2O3S. The number of amides is 2. The van der Waals surface area contributed by atoms with Crippen LogP contribution in [0.4, 0.5) is 4.79 Å². The molecule has 0 atom stereocenters. The van der Waals surface area contributed by atoms with Gasteiger partial charge in [0.25, 0.3) is 0 Å². The van der Waals surface area contributed by atoms with E-state index < -0.39 is 5.97 Å². The fourth-order valence-corrected chi connectivity index (χ4v) is 3.20. The average molecular weight is 361 g/mol. The van der Waals surface area contributed by atoms with Gasteiger partial charge in [0, 0.05) is 20.1 Å². The van der Waals surface area contributed by atoms with Crippen LogP contribution in [0, 0.1) is 5.92 Å². The van der Waals surface area contributed by atoms with Crippen molar-refractivity contribution in [3.8, 4) is 0 Å². The van der Waals surface area contributed by atoms with E-state index in [0.29, 0.717) is 19.0 Å². The number of nitrogens with zero attached hydrogens (tertiary/aromatic N) is 2. The third kappa shape index (κ3) is 4.49. The Morgan fingerprint density at radius 2 is 2.20 bits per heavy atom. The van der Waals surface area contributed by atoms with Crippen molar-refractivity contribution in [1.82, 2.24) is 9.80 Å². The quantitative estimate of drug-likeness (QED) is 0.848. The second-order valence-corrected chi connectivity index (χ2v) is 7.41. The van der Waals surface area contributed by atoms with E-state index in [1.54, 1.807) is 23.3 Å². The van der Waals surface area contributed by atoms with Crippen LogP contribution >= 0.6 is 27.3 Å². The first-order valence-electron chi connectivity index (χ1n) is 6.40. The molecule has 20 heavy (non-hydrogen) atoms. The molecule has 0 unspecified atom stereocenters. The SMILES string of the molecule is CN(Cc1csc(Br)c1)C(=O)N(CC(=O)O)CC1CC1. The monoisotopic (exact) mass is 360 g/mol. The summed E-state index contributed by atoms with van der Waals surface area (Å²) in [6.07, 6.45) is 2.18. The molecule has 5 nitrogen and oxygen atoms in total. The van der Waals surface area contributed by atoms with Gasteiger partial charge in [-0.25, -0.2) is 4.79 Å². The molecule has 0 bridgehead atoms. The topological polar surface area (TPSA) is 60.9 Å². The first kappa shape index (κ1) is 15.3. The molecule has 1 fully saturated rings. The van der Waals surface area contributed by atoms with Crippen LogP contribution in [0.15, 0.2) is 15.2 Å². The predicted octanol–water partition coefficient (Wildman–Crippen LogP) is 2.86. The van der Waals surface area contributed by atoms with Gasteiger partial charge in [0.15, 0.2) is 0 Å². The van der Waals surface area contributed by atoms with E-state index in [4.69, 9.17) is 5.11 Å². The molecule has 1 heterocycles. The zero-order valence-electron chi connectivity index (χ0n) is 11.2. The highest BCUT2D eigenvalue weighted by molar-refractivity contribution is 9.11. The Morgan fingerprint density at radius 1 is 1.50 bits per heavy atom. The molecule has 0 aliphatic heterocycles. The van der Waals surface area contributed by atoms with Crippen LogP contribution in [0.1, 0.15) is 18.4 Å². The lowest BCUT2D eigenvalue weighted by molar-refractivity contribution is -0.137. The number of carbonyl (C=O) groups is 2. The smallest absolute Gasteiger partial charge is 0.323 e. The number of carbonyl (C=O) groups excluding carboxylic acids is 1. The molecule has 110 valence electrons. The van der Waals surface area contributed by atoms with Crippen LogP contribution in [-0.4, -0.2) is 47.0 Å². The number of hydrogen-bond acceptors (Lipinski definition) is 3. The minimum Gasteiger partial charge on any atom is -0.480 e. The van der Waals surface area contributed by atoms with Crippen molar-refractivity contribution in [3.63, 3.8) is 0 Å². The molecule has 0 radical (unpaired) electrons. The zero-order valence-corrected chi connectivity index (χ0v) is 13.6. The Balaban J connectivity index is 1.95. The van der Waals surface area contributed by atoms with Gasteiger partial charge >= 0.3 is 12.0 Å². The van der Waals surface area contributed by atoms with Gasteiger partial charge in [-0.05, 0) is 51.7 Å². The molecule has 1 aromatic heterocycles. The third-order valence-electron chi connectivity index (χ3n) is 3.14. The summed E-state index contributed by atoms with van der Waals surface area (Å²) in [7, 11) is 1.70.